The van der Waals surface area contributed by atoms with Gasteiger partial charge in [0.1, 0.15) is 11.4 Å². The van der Waals surface area contributed by atoms with Gasteiger partial charge in [0.2, 0.25) is 15.5 Å². The van der Waals surface area contributed by atoms with Gasteiger partial charge in [-0.25, -0.2) is 8.42 Å². The molecule has 1 aromatic carbocycles. The van der Waals surface area contributed by atoms with Crippen molar-refractivity contribution < 1.29 is 21.6 Å². The maximum Gasteiger partial charge on any atom is 0.431 e. The van der Waals surface area contributed by atoms with Gasteiger partial charge in [0.05, 0.1) is 5.75 Å². The second kappa shape index (κ2) is 6.66. The third-order valence-corrected chi connectivity index (χ3v) is 4.44. The SMILES string of the molecule is O=c1cc(C(F)(F)F)[nH]cc1NS(=O)(=O)Cc1cc(Cl)cc(Cl)c1. The molecule has 0 saturated heterocycles. The summed E-state index contributed by atoms with van der Waals surface area (Å²) in [7, 11) is -4.06. The van der Waals surface area contributed by atoms with Crippen LogP contribution >= 0.6 is 23.2 Å². The Bertz CT molecular complexity index is 907. The van der Waals surface area contributed by atoms with Crippen LogP contribution in [0, 0.1) is 0 Å². The zero-order valence-electron chi connectivity index (χ0n) is 11.6. The normalized spacial score (nSPS) is 12.2. The third-order valence-electron chi connectivity index (χ3n) is 2.76. The number of pyridine rings is 1. The maximum absolute atomic E-state index is 12.5. The molecular formula is C13H9Cl2F3N2O3S. The Kier molecular flexibility index (Phi) is 5.17. The number of H-pyrrole nitrogens is 1. The van der Waals surface area contributed by atoms with Crippen LogP contribution in [0.1, 0.15) is 11.3 Å². The Balaban J connectivity index is 2.25. The number of anilines is 1. The highest BCUT2D eigenvalue weighted by atomic mass is 35.5. The van der Waals surface area contributed by atoms with Crippen molar-refractivity contribution in [3.05, 3.63) is 62.0 Å². The average Bonchev–Trinajstić information content (AvgIpc) is 2.37. The number of sulfonamides is 1. The molecule has 5 nitrogen and oxygen atoms in total. The van der Waals surface area contributed by atoms with Gasteiger partial charge in [-0.15, -0.1) is 0 Å². The van der Waals surface area contributed by atoms with E-state index in [0.717, 1.165) is 0 Å². The summed E-state index contributed by atoms with van der Waals surface area (Å²) in [4.78, 5) is 13.5. The number of aromatic amines is 1. The van der Waals surface area contributed by atoms with E-state index < -0.39 is 38.8 Å². The van der Waals surface area contributed by atoms with Crippen molar-refractivity contribution >= 4 is 38.9 Å². The van der Waals surface area contributed by atoms with Crippen molar-refractivity contribution in [1.82, 2.24) is 4.98 Å². The quantitative estimate of drug-likeness (QED) is 0.821. The number of halogens is 5. The first-order valence-corrected chi connectivity index (χ1v) is 8.62. The van der Waals surface area contributed by atoms with Crippen LogP contribution in [-0.4, -0.2) is 13.4 Å². The fourth-order valence-corrected chi connectivity index (χ4v) is 3.58. The van der Waals surface area contributed by atoms with E-state index in [9.17, 15) is 26.4 Å². The minimum atomic E-state index is -4.74. The number of benzene rings is 1. The van der Waals surface area contributed by atoms with Crippen molar-refractivity contribution in [1.29, 1.82) is 0 Å². The van der Waals surface area contributed by atoms with E-state index in [1.807, 2.05) is 9.71 Å². The van der Waals surface area contributed by atoms with Crippen molar-refractivity contribution in [2.24, 2.45) is 0 Å². The number of hydrogen-bond acceptors (Lipinski definition) is 3. The Labute approximate surface area is 144 Å². The van der Waals surface area contributed by atoms with Crippen LogP contribution in [0.3, 0.4) is 0 Å². The van der Waals surface area contributed by atoms with Crippen LogP contribution in [0.15, 0.2) is 35.3 Å². The van der Waals surface area contributed by atoms with Crippen LogP contribution < -0.4 is 10.2 Å². The molecule has 0 aliphatic heterocycles. The molecule has 24 heavy (non-hydrogen) atoms. The molecule has 2 aromatic rings. The lowest BCUT2D eigenvalue weighted by molar-refractivity contribution is -0.141. The van der Waals surface area contributed by atoms with Gasteiger partial charge in [-0.2, -0.15) is 13.2 Å². The first kappa shape index (κ1) is 18.6. The van der Waals surface area contributed by atoms with Crippen molar-refractivity contribution in [3.8, 4) is 0 Å². The zero-order chi connectivity index (χ0) is 18.1. The molecule has 0 aliphatic rings. The summed E-state index contributed by atoms with van der Waals surface area (Å²) in [6.45, 7) is 0. The van der Waals surface area contributed by atoms with Gasteiger partial charge >= 0.3 is 6.18 Å². The fraction of sp³-hybridized carbons (Fsp3) is 0.154. The van der Waals surface area contributed by atoms with Gasteiger partial charge < -0.3 is 4.98 Å². The number of alkyl halides is 3. The van der Waals surface area contributed by atoms with E-state index in [1.165, 1.54) is 18.2 Å². The van der Waals surface area contributed by atoms with Crippen LogP contribution in [-0.2, 0) is 22.0 Å². The van der Waals surface area contributed by atoms with E-state index in [4.69, 9.17) is 23.2 Å². The molecule has 0 bridgehead atoms. The number of hydrogen-bond donors (Lipinski definition) is 2. The number of aromatic nitrogens is 1. The molecule has 0 atom stereocenters. The second-order valence-corrected chi connectivity index (χ2v) is 7.36. The molecule has 0 radical (unpaired) electrons. The largest absolute Gasteiger partial charge is 0.431 e. The molecule has 2 N–H and O–H groups in total. The maximum atomic E-state index is 12.5. The molecule has 0 amide bonds. The predicted molar refractivity (Wildman–Crippen MR) is 84.8 cm³/mol. The minimum absolute atomic E-state index is 0.222. The molecule has 0 saturated carbocycles. The Morgan fingerprint density at radius 3 is 2.17 bits per heavy atom. The summed E-state index contributed by atoms with van der Waals surface area (Å²) in [5.74, 6) is -0.562. The molecule has 0 fully saturated rings. The van der Waals surface area contributed by atoms with Crippen LogP contribution in [0.25, 0.3) is 0 Å². The topological polar surface area (TPSA) is 79.0 Å². The van der Waals surface area contributed by atoms with E-state index in [2.05, 4.69) is 0 Å². The number of nitrogens with one attached hydrogen (secondary N) is 2. The van der Waals surface area contributed by atoms with Crippen LogP contribution in [0.4, 0.5) is 18.9 Å². The lowest BCUT2D eigenvalue weighted by Crippen LogP contribution is -2.22. The van der Waals surface area contributed by atoms with E-state index in [1.54, 1.807) is 0 Å². The first-order chi connectivity index (χ1) is 11.0. The van der Waals surface area contributed by atoms with Gasteiger partial charge in [0, 0.05) is 22.3 Å². The molecule has 0 unspecified atom stereocenters. The summed E-state index contributed by atoms with van der Waals surface area (Å²) < 4.78 is 63.4. The van der Waals surface area contributed by atoms with Gasteiger partial charge in [-0.05, 0) is 23.8 Å². The first-order valence-electron chi connectivity index (χ1n) is 6.22. The molecule has 1 aromatic heterocycles. The Hall–Kier alpha value is -1.71. The standard InChI is InChI=1S/C13H9Cl2F3N2O3S/c14-8-1-7(2-9(15)3-8)6-24(22,23)20-10-5-19-12(4-11(10)21)13(16,17)18/h1-5,20H,6H2,(H,19,21). The summed E-state index contributed by atoms with van der Waals surface area (Å²) in [6, 6.07) is 4.41. The summed E-state index contributed by atoms with van der Waals surface area (Å²) in [6.07, 6.45) is -4.10. The highest BCUT2D eigenvalue weighted by molar-refractivity contribution is 7.91. The molecule has 0 aliphatic carbocycles. The highest BCUT2D eigenvalue weighted by Crippen LogP contribution is 2.27. The van der Waals surface area contributed by atoms with E-state index in [-0.39, 0.29) is 21.7 Å². The summed E-state index contributed by atoms with van der Waals surface area (Å²) in [5, 5.41) is 0.445. The van der Waals surface area contributed by atoms with Crippen LogP contribution in [0.2, 0.25) is 10.0 Å². The molecule has 2 rings (SSSR count). The summed E-state index contributed by atoms with van der Waals surface area (Å²) in [5.41, 5.74) is -2.68. The van der Waals surface area contributed by atoms with Gasteiger partial charge in [-0.1, -0.05) is 23.2 Å². The van der Waals surface area contributed by atoms with Gasteiger partial charge in [0.15, 0.2) is 0 Å². The van der Waals surface area contributed by atoms with Gasteiger partial charge in [0.25, 0.3) is 0 Å². The molecule has 130 valence electrons. The predicted octanol–water partition coefficient (Wildman–Crippen LogP) is 3.64. The lowest BCUT2D eigenvalue weighted by atomic mass is 10.2. The zero-order valence-corrected chi connectivity index (χ0v) is 13.9. The molecule has 1 heterocycles. The highest BCUT2D eigenvalue weighted by Gasteiger charge is 2.32. The Morgan fingerprint density at radius 2 is 1.67 bits per heavy atom. The number of rotatable bonds is 4. The average molecular weight is 401 g/mol. The van der Waals surface area contributed by atoms with E-state index in [0.29, 0.717) is 6.20 Å². The van der Waals surface area contributed by atoms with Gasteiger partial charge in [-0.3, -0.25) is 9.52 Å². The van der Waals surface area contributed by atoms with Crippen molar-refractivity contribution in [3.63, 3.8) is 0 Å². The lowest BCUT2D eigenvalue weighted by Gasteiger charge is -2.10. The Morgan fingerprint density at radius 1 is 1.08 bits per heavy atom. The third kappa shape index (κ3) is 4.89. The van der Waals surface area contributed by atoms with Crippen molar-refractivity contribution in [2.45, 2.75) is 11.9 Å². The van der Waals surface area contributed by atoms with Crippen LogP contribution in [0.5, 0.6) is 0 Å². The molecular weight excluding hydrogens is 392 g/mol. The minimum Gasteiger partial charge on any atom is -0.356 e. The van der Waals surface area contributed by atoms with E-state index >= 15 is 0 Å². The second-order valence-electron chi connectivity index (χ2n) is 4.76. The summed E-state index contributed by atoms with van der Waals surface area (Å²) >= 11 is 11.5. The monoisotopic (exact) mass is 400 g/mol. The van der Waals surface area contributed by atoms with Crippen molar-refractivity contribution in [2.75, 3.05) is 4.72 Å². The smallest absolute Gasteiger partial charge is 0.356 e. The molecule has 11 heteroatoms. The molecule has 0 spiro atoms. The fourth-order valence-electron chi connectivity index (χ4n) is 1.83.